The van der Waals surface area contributed by atoms with E-state index in [0.717, 1.165) is 11.5 Å². The number of rotatable bonds is 5. The Morgan fingerprint density at radius 1 is 1.26 bits per heavy atom. The molecule has 1 aromatic rings. The Morgan fingerprint density at radius 3 is 2.48 bits per heavy atom. The van der Waals surface area contributed by atoms with Crippen molar-refractivity contribution in [2.24, 2.45) is 4.99 Å². The van der Waals surface area contributed by atoms with E-state index in [1.807, 2.05) is 25.7 Å². The summed E-state index contributed by atoms with van der Waals surface area (Å²) in [4.78, 5) is 25.8. The fraction of sp³-hybridized carbons (Fsp3) is 0.188. The van der Waals surface area contributed by atoms with E-state index in [1.54, 1.807) is 19.1 Å². The first-order valence-electron chi connectivity index (χ1n) is 6.94. The van der Waals surface area contributed by atoms with Crippen LogP contribution in [0.3, 0.4) is 0 Å². The number of carbonyl (C=O) groups excluding carboxylic acids is 1. The van der Waals surface area contributed by atoms with Gasteiger partial charge in [-0.15, -0.1) is 11.8 Å². The largest absolute Gasteiger partial charge is 0.448 e. The van der Waals surface area contributed by atoms with Gasteiger partial charge in [0.1, 0.15) is 0 Å². The number of hydrogen-bond acceptors (Lipinski definition) is 5. The number of nitro groups is 1. The molecule has 0 atom stereocenters. The van der Waals surface area contributed by atoms with Gasteiger partial charge in [0.05, 0.1) is 16.6 Å². The number of aliphatic imine (C=N–C) groups is 1. The van der Waals surface area contributed by atoms with Crippen molar-refractivity contribution in [3.05, 3.63) is 71.5 Å². The van der Waals surface area contributed by atoms with Gasteiger partial charge in [-0.1, -0.05) is 12.1 Å². The summed E-state index contributed by atoms with van der Waals surface area (Å²) in [5.41, 5.74) is 0.957. The molecule has 23 heavy (non-hydrogen) atoms. The molecule has 0 aliphatic heterocycles. The molecule has 0 N–H and O–H groups in total. The minimum Gasteiger partial charge on any atom is -0.448 e. The van der Waals surface area contributed by atoms with Gasteiger partial charge in [-0.2, -0.15) is 4.99 Å². The average molecular weight is 331 g/mol. The molecule has 0 heterocycles. The maximum atomic E-state index is 11.6. The van der Waals surface area contributed by atoms with E-state index in [1.165, 1.54) is 23.9 Å². The van der Waals surface area contributed by atoms with Crippen LogP contribution in [0.2, 0.25) is 0 Å². The minimum absolute atomic E-state index is 0.0511. The van der Waals surface area contributed by atoms with E-state index >= 15 is 0 Å². The average Bonchev–Trinajstić information content (AvgIpc) is 3.06. The topological polar surface area (TPSA) is 81.8 Å². The molecule has 5 radical (unpaired) electrons. The number of ether oxygens (including phenoxy) is 1. The summed E-state index contributed by atoms with van der Waals surface area (Å²) >= 11 is 1.38. The van der Waals surface area contributed by atoms with Crippen LogP contribution in [0, 0.1) is 41.7 Å². The molecule has 2 rings (SSSR count). The first-order valence-corrected chi connectivity index (χ1v) is 7.92. The molecule has 1 aliphatic carbocycles. The van der Waals surface area contributed by atoms with Crippen LogP contribution in [0.4, 0.5) is 10.5 Å². The van der Waals surface area contributed by atoms with E-state index in [0.29, 0.717) is 10.8 Å². The van der Waals surface area contributed by atoms with Gasteiger partial charge in [0, 0.05) is 23.8 Å². The summed E-state index contributed by atoms with van der Waals surface area (Å²) in [6.07, 6.45) is 6.83. The van der Waals surface area contributed by atoms with Crippen molar-refractivity contribution >= 4 is 28.6 Å². The summed E-state index contributed by atoms with van der Waals surface area (Å²) in [5, 5.41) is 11.2. The monoisotopic (exact) mass is 331 g/mol. The normalized spacial score (nSPS) is 15.6. The summed E-state index contributed by atoms with van der Waals surface area (Å²) in [5.74, 6) is 1.38. The lowest BCUT2D eigenvalue weighted by molar-refractivity contribution is -0.384. The molecule has 119 valence electrons. The maximum absolute atomic E-state index is 11.6. The lowest BCUT2D eigenvalue weighted by atomic mass is 10.1. The fourth-order valence-corrected chi connectivity index (χ4v) is 2.74. The smallest absolute Gasteiger partial charge is 0.434 e. The van der Waals surface area contributed by atoms with Crippen LogP contribution in [0.5, 0.6) is 0 Å². The van der Waals surface area contributed by atoms with Gasteiger partial charge >= 0.3 is 6.09 Å². The molecule has 0 aromatic heterocycles. The van der Waals surface area contributed by atoms with Gasteiger partial charge in [-0.25, -0.2) is 4.79 Å². The number of benzene rings is 1. The molecular weight excluding hydrogens is 316 g/mol. The van der Waals surface area contributed by atoms with Crippen molar-refractivity contribution in [1.82, 2.24) is 0 Å². The number of nitrogens with zero attached hydrogens (tertiary/aromatic N) is 2. The molecule has 1 aliphatic rings. The fourth-order valence-electron chi connectivity index (χ4n) is 1.80. The standard InChI is InChI=1S/C16H15N2O4S/c1-2-22-16(19)17-15(13-5-3-4-6-13)23-11-12-7-9-14(10-8-12)18(20)21/h3-10H,2,11H2,1H3/b17-15-. The molecule has 1 fully saturated rings. The molecule has 7 heteroatoms. The second-order valence-electron chi connectivity index (χ2n) is 4.50. The van der Waals surface area contributed by atoms with Crippen LogP contribution in [-0.4, -0.2) is 22.7 Å². The van der Waals surface area contributed by atoms with Crippen LogP contribution in [0.25, 0.3) is 0 Å². The van der Waals surface area contributed by atoms with Crippen molar-refractivity contribution in [3.63, 3.8) is 0 Å². The lowest BCUT2D eigenvalue weighted by Crippen LogP contribution is -2.10. The summed E-state index contributed by atoms with van der Waals surface area (Å²) in [7, 11) is 0. The maximum Gasteiger partial charge on any atom is 0.434 e. The van der Waals surface area contributed by atoms with E-state index in [-0.39, 0.29) is 12.3 Å². The van der Waals surface area contributed by atoms with Crippen LogP contribution in [0.15, 0.2) is 29.3 Å². The van der Waals surface area contributed by atoms with E-state index in [9.17, 15) is 14.9 Å². The zero-order valence-electron chi connectivity index (χ0n) is 12.5. The SMILES string of the molecule is CCOC(=O)/N=C(\SCc1ccc([N+](=O)[O-])cc1)[C]1[CH][CH][CH][CH]1. The number of amides is 1. The molecule has 1 saturated carbocycles. The van der Waals surface area contributed by atoms with Gasteiger partial charge in [0.25, 0.3) is 5.69 Å². The zero-order valence-corrected chi connectivity index (χ0v) is 13.3. The Morgan fingerprint density at radius 2 is 1.91 bits per heavy atom. The highest BCUT2D eigenvalue weighted by Gasteiger charge is 2.24. The summed E-state index contributed by atoms with van der Waals surface area (Å²) in [6, 6.07) is 6.30. The third-order valence-corrected chi connectivity index (χ3v) is 3.97. The van der Waals surface area contributed by atoms with Crippen molar-refractivity contribution < 1.29 is 14.5 Å². The predicted molar refractivity (Wildman–Crippen MR) is 89.3 cm³/mol. The van der Waals surface area contributed by atoms with Crippen molar-refractivity contribution in [2.45, 2.75) is 12.7 Å². The lowest BCUT2D eigenvalue weighted by Gasteiger charge is -2.11. The van der Waals surface area contributed by atoms with Crippen LogP contribution < -0.4 is 0 Å². The first kappa shape index (κ1) is 17.5. The second-order valence-corrected chi connectivity index (χ2v) is 5.47. The Hall–Kier alpha value is -1.89. The van der Waals surface area contributed by atoms with Gasteiger partial charge < -0.3 is 4.74 Å². The third-order valence-electron chi connectivity index (χ3n) is 2.89. The van der Waals surface area contributed by atoms with Gasteiger partial charge in [-0.05, 0) is 38.2 Å². The third kappa shape index (κ3) is 5.35. The quantitative estimate of drug-likeness (QED) is 0.355. The molecule has 0 spiro atoms. The highest BCUT2D eigenvalue weighted by atomic mass is 32.2. The number of non-ortho nitro benzene ring substituents is 1. The van der Waals surface area contributed by atoms with Crippen molar-refractivity contribution in [3.8, 4) is 0 Å². The molecule has 6 nitrogen and oxygen atoms in total. The van der Waals surface area contributed by atoms with Crippen molar-refractivity contribution in [1.29, 1.82) is 0 Å². The minimum atomic E-state index is -0.625. The number of thioether (sulfide) groups is 1. The molecular formula is C16H15N2O4S. The van der Waals surface area contributed by atoms with Gasteiger partial charge in [-0.3, -0.25) is 10.1 Å². The van der Waals surface area contributed by atoms with Crippen LogP contribution in [0.1, 0.15) is 12.5 Å². The Balaban J connectivity index is 2.02. The molecule has 0 saturated heterocycles. The predicted octanol–water partition coefficient (Wildman–Crippen LogP) is 3.79. The molecule has 0 unspecified atom stereocenters. The van der Waals surface area contributed by atoms with Crippen LogP contribution >= 0.6 is 11.8 Å². The summed E-state index contributed by atoms with van der Waals surface area (Å²) < 4.78 is 4.85. The van der Waals surface area contributed by atoms with E-state index < -0.39 is 11.0 Å². The van der Waals surface area contributed by atoms with Gasteiger partial charge in [0.15, 0.2) is 0 Å². The second kappa shape index (κ2) is 8.67. The Labute approximate surface area is 139 Å². The Kier molecular flexibility index (Phi) is 6.58. The molecule has 1 amide bonds. The number of carbonyl (C=O) groups is 1. The van der Waals surface area contributed by atoms with Crippen LogP contribution in [-0.2, 0) is 10.5 Å². The van der Waals surface area contributed by atoms with E-state index in [2.05, 4.69) is 4.99 Å². The molecule has 1 aromatic carbocycles. The van der Waals surface area contributed by atoms with E-state index in [4.69, 9.17) is 4.74 Å². The highest BCUT2D eigenvalue weighted by molar-refractivity contribution is 8.13. The van der Waals surface area contributed by atoms with Gasteiger partial charge in [0.2, 0.25) is 0 Å². The first-order chi connectivity index (χ1) is 11.1. The zero-order chi connectivity index (χ0) is 16.7. The number of hydrogen-bond donors (Lipinski definition) is 0. The Bertz CT molecular complexity index is 580. The van der Waals surface area contributed by atoms with Crippen molar-refractivity contribution in [2.75, 3.05) is 6.61 Å². The summed E-state index contributed by atoms with van der Waals surface area (Å²) in [6.45, 7) is 1.99. The molecule has 0 bridgehead atoms. The highest BCUT2D eigenvalue weighted by Crippen LogP contribution is 2.31. The number of nitro benzene ring substituents is 1.